The number of oxime groups is 1. The van der Waals surface area contributed by atoms with E-state index in [1.165, 1.54) is 0 Å². The van der Waals surface area contributed by atoms with Crippen LogP contribution in [-0.4, -0.2) is 35.1 Å². The van der Waals surface area contributed by atoms with E-state index in [1.807, 2.05) is 45.0 Å². The highest BCUT2D eigenvalue weighted by molar-refractivity contribution is 9.10. The molecule has 6 heteroatoms. The van der Waals surface area contributed by atoms with Gasteiger partial charge in [-0.2, -0.15) is 0 Å². The molecule has 0 radical (unpaired) electrons. The van der Waals surface area contributed by atoms with Crippen molar-refractivity contribution in [1.82, 2.24) is 4.90 Å². The third-order valence-electron chi connectivity index (χ3n) is 3.73. The molecular weight excluding hydrogens is 372 g/mol. The van der Waals surface area contributed by atoms with Gasteiger partial charge in [0.1, 0.15) is 11.3 Å². The number of halogens is 1. The van der Waals surface area contributed by atoms with Gasteiger partial charge in [0.15, 0.2) is 0 Å². The highest BCUT2D eigenvalue weighted by Gasteiger charge is 2.46. The normalized spacial score (nSPS) is 22.2. The van der Waals surface area contributed by atoms with Crippen molar-refractivity contribution >= 4 is 27.7 Å². The molecular formula is C18H19BrN2O3. The average molecular weight is 391 g/mol. The van der Waals surface area contributed by atoms with Crippen molar-refractivity contribution in [3.8, 4) is 11.8 Å². The van der Waals surface area contributed by atoms with Gasteiger partial charge in [0.25, 0.3) is 0 Å². The van der Waals surface area contributed by atoms with E-state index >= 15 is 0 Å². The van der Waals surface area contributed by atoms with E-state index < -0.39 is 11.8 Å². The predicted molar refractivity (Wildman–Crippen MR) is 94.4 cm³/mol. The van der Waals surface area contributed by atoms with Crippen LogP contribution in [0.5, 0.6) is 0 Å². The van der Waals surface area contributed by atoms with Crippen molar-refractivity contribution in [1.29, 1.82) is 0 Å². The lowest BCUT2D eigenvalue weighted by atomic mass is 10.0. The second-order valence-electron chi connectivity index (χ2n) is 6.80. The maximum atomic E-state index is 12.3. The van der Waals surface area contributed by atoms with Gasteiger partial charge in [-0.05, 0) is 51.3 Å². The molecule has 5 nitrogen and oxygen atoms in total. The second kappa shape index (κ2) is 6.48. The lowest BCUT2D eigenvalue weighted by molar-refractivity contribution is -0.0437. The van der Waals surface area contributed by atoms with Gasteiger partial charge in [0.2, 0.25) is 6.23 Å². The lowest BCUT2D eigenvalue weighted by Gasteiger charge is -2.26. The summed E-state index contributed by atoms with van der Waals surface area (Å²) in [5.41, 5.74) is 1.06. The third-order valence-corrected chi connectivity index (χ3v) is 4.22. The number of amides is 1. The molecule has 2 aliphatic rings. The Hall–Kier alpha value is -2.00. The first kappa shape index (κ1) is 16.8. The van der Waals surface area contributed by atoms with Crippen LogP contribution < -0.4 is 0 Å². The number of nitrogens with zero attached hydrogens (tertiary/aromatic N) is 2. The summed E-state index contributed by atoms with van der Waals surface area (Å²) < 4.78 is 6.40. The van der Waals surface area contributed by atoms with E-state index in [0.29, 0.717) is 12.3 Å². The standard InChI is InChI=1S/C18H19BrN2O3/c1-18(2,3)23-17(22)21-10-9-14-15(20-24-16(14)21)8-7-12-5-4-6-13(19)11-12/h4-6,11,14,16H,9-10H2,1-3H3. The van der Waals surface area contributed by atoms with Crippen molar-refractivity contribution < 1.29 is 14.4 Å². The first-order valence-electron chi connectivity index (χ1n) is 7.84. The number of fused-ring (bicyclic) bond motifs is 1. The molecule has 2 unspecified atom stereocenters. The number of likely N-dealkylation sites (tertiary alicyclic amines) is 1. The van der Waals surface area contributed by atoms with Gasteiger partial charge in [-0.25, -0.2) is 4.79 Å². The summed E-state index contributed by atoms with van der Waals surface area (Å²) in [6.45, 7) is 6.12. The van der Waals surface area contributed by atoms with Crippen molar-refractivity contribution in [2.24, 2.45) is 11.1 Å². The number of hydrogen-bond donors (Lipinski definition) is 0. The molecule has 126 valence electrons. The summed E-state index contributed by atoms with van der Waals surface area (Å²) in [5, 5.41) is 4.07. The van der Waals surface area contributed by atoms with Crippen LogP contribution in [0.1, 0.15) is 32.8 Å². The van der Waals surface area contributed by atoms with E-state index in [4.69, 9.17) is 9.57 Å². The molecule has 2 aliphatic heterocycles. The van der Waals surface area contributed by atoms with Crippen molar-refractivity contribution in [2.45, 2.75) is 39.0 Å². The molecule has 0 aromatic heterocycles. The van der Waals surface area contributed by atoms with Gasteiger partial charge in [-0.15, -0.1) is 0 Å². The number of carbonyl (C=O) groups excluding carboxylic acids is 1. The Morgan fingerprint density at radius 1 is 1.42 bits per heavy atom. The number of carbonyl (C=O) groups is 1. The molecule has 24 heavy (non-hydrogen) atoms. The van der Waals surface area contributed by atoms with Crippen LogP contribution in [-0.2, 0) is 9.57 Å². The van der Waals surface area contributed by atoms with Crippen LogP contribution in [0.15, 0.2) is 33.9 Å². The Morgan fingerprint density at radius 3 is 2.92 bits per heavy atom. The van der Waals surface area contributed by atoms with Crippen LogP contribution in [0.25, 0.3) is 0 Å². The van der Waals surface area contributed by atoms with Gasteiger partial charge >= 0.3 is 6.09 Å². The molecule has 3 rings (SSSR count). The number of hydrogen-bond acceptors (Lipinski definition) is 4. The first-order valence-corrected chi connectivity index (χ1v) is 8.64. The van der Waals surface area contributed by atoms with Crippen molar-refractivity contribution in [2.75, 3.05) is 6.54 Å². The minimum absolute atomic E-state index is 0.0113. The van der Waals surface area contributed by atoms with Gasteiger partial charge in [0.05, 0.1) is 5.92 Å². The zero-order chi connectivity index (χ0) is 17.3. The topological polar surface area (TPSA) is 51.1 Å². The van der Waals surface area contributed by atoms with E-state index in [9.17, 15) is 4.79 Å². The molecule has 1 fully saturated rings. The summed E-state index contributed by atoms with van der Waals surface area (Å²) in [6.07, 6.45) is -0.00586. The van der Waals surface area contributed by atoms with Gasteiger partial charge < -0.3 is 9.57 Å². The van der Waals surface area contributed by atoms with Crippen molar-refractivity contribution in [3.05, 3.63) is 34.3 Å². The maximum Gasteiger partial charge on any atom is 0.413 e. The first-order chi connectivity index (χ1) is 11.3. The van der Waals surface area contributed by atoms with Gasteiger partial charge in [-0.3, -0.25) is 4.90 Å². The summed E-state index contributed by atoms with van der Waals surface area (Å²) in [5.74, 6) is 6.19. The highest BCUT2D eigenvalue weighted by atomic mass is 79.9. The SMILES string of the molecule is CC(C)(C)OC(=O)N1CCC2C(C#Cc3cccc(Br)c3)=NOC21. The predicted octanol–water partition coefficient (Wildman–Crippen LogP) is 3.77. The fourth-order valence-electron chi connectivity index (χ4n) is 2.68. The maximum absolute atomic E-state index is 12.3. The summed E-state index contributed by atoms with van der Waals surface area (Å²) in [7, 11) is 0. The highest BCUT2D eigenvalue weighted by Crippen LogP contribution is 2.32. The van der Waals surface area contributed by atoms with E-state index in [-0.39, 0.29) is 12.0 Å². The largest absolute Gasteiger partial charge is 0.444 e. The second-order valence-corrected chi connectivity index (χ2v) is 7.72. The van der Waals surface area contributed by atoms with Crippen LogP contribution >= 0.6 is 15.9 Å². The molecule has 2 atom stereocenters. The monoisotopic (exact) mass is 390 g/mol. The van der Waals surface area contributed by atoms with Crippen LogP contribution in [0.4, 0.5) is 4.79 Å². The Bertz CT molecular complexity index is 743. The molecule has 1 saturated heterocycles. The minimum Gasteiger partial charge on any atom is -0.444 e. The molecule has 0 aliphatic carbocycles. The minimum atomic E-state index is -0.530. The molecule has 0 spiro atoms. The third kappa shape index (κ3) is 3.73. The van der Waals surface area contributed by atoms with Crippen LogP contribution in [0.2, 0.25) is 0 Å². The van der Waals surface area contributed by atoms with E-state index in [1.54, 1.807) is 4.90 Å². The van der Waals surface area contributed by atoms with Gasteiger partial charge in [-0.1, -0.05) is 33.1 Å². The summed E-state index contributed by atoms with van der Waals surface area (Å²) in [6, 6.07) is 7.77. The molecule has 0 bridgehead atoms. The smallest absolute Gasteiger partial charge is 0.413 e. The molecule has 0 N–H and O–H groups in total. The van der Waals surface area contributed by atoms with Crippen LogP contribution in [0.3, 0.4) is 0 Å². The molecule has 1 aromatic rings. The Kier molecular flexibility index (Phi) is 4.55. The molecule has 1 aromatic carbocycles. The van der Waals surface area contributed by atoms with Crippen LogP contribution in [0, 0.1) is 17.8 Å². The number of ether oxygens (including phenoxy) is 1. The van der Waals surface area contributed by atoms with E-state index in [0.717, 1.165) is 16.5 Å². The zero-order valence-electron chi connectivity index (χ0n) is 13.9. The Balaban J connectivity index is 1.68. The lowest BCUT2D eigenvalue weighted by Crippen LogP contribution is -2.41. The quantitative estimate of drug-likeness (QED) is 0.633. The molecule has 0 saturated carbocycles. The Labute approximate surface area is 150 Å². The average Bonchev–Trinajstić information content (AvgIpc) is 3.05. The fraction of sp³-hybridized carbons (Fsp3) is 0.444. The number of rotatable bonds is 0. The molecule has 1 amide bonds. The van der Waals surface area contributed by atoms with Gasteiger partial charge in [0, 0.05) is 16.6 Å². The number of benzene rings is 1. The van der Waals surface area contributed by atoms with E-state index in [2.05, 4.69) is 32.9 Å². The summed E-state index contributed by atoms with van der Waals surface area (Å²) >= 11 is 3.43. The van der Waals surface area contributed by atoms with Crippen molar-refractivity contribution in [3.63, 3.8) is 0 Å². The fourth-order valence-corrected chi connectivity index (χ4v) is 3.08. The molecule has 2 heterocycles. The zero-order valence-corrected chi connectivity index (χ0v) is 15.5. The Morgan fingerprint density at radius 2 is 2.21 bits per heavy atom. The summed E-state index contributed by atoms with van der Waals surface area (Å²) in [4.78, 5) is 19.3.